The Kier molecular flexibility index (Phi) is 9.83. The first-order valence-electron chi connectivity index (χ1n) is 11.3. The summed E-state index contributed by atoms with van der Waals surface area (Å²) in [6, 6.07) is 7.11. The number of likely N-dealkylation sites (N-methyl/N-ethyl adjacent to an activating group) is 1. The van der Waals surface area contributed by atoms with Crippen molar-refractivity contribution in [3.8, 4) is 17.2 Å². The number of carbonyl (C=O) groups is 2. The van der Waals surface area contributed by atoms with Gasteiger partial charge in [0.25, 0.3) is 10.0 Å². The summed E-state index contributed by atoms with van der Waals surface area (Å²) in [5, 5.41) is 10.3. The molecule has 0 saturated heterocycles. The molecule has 0 fully saturated rings. The molecule has 1 aliphatic rings. The Morgan fingerprint density at radius 2 is 1.90 bits per heavy atom. The van der Waals surface area contributed by atoms with Gasteiger partial charge in [-0.3, -0.25) is 4.21 Å². The molecule has 2 atom stereocenters. The first kappa shape index (κ1) is 31.3. The monoisotopic (exact) mass is 622 g/mol. The number of carboxylic acid groups (broad SMARTS) is 1. The van der Waals surface area contributed by atoms with E-state index in [1.165, 1.54) is 31.5 Å². The molecule has 0 radical (unpaired) electrons. The number of carboxylic acids is 1. The van der Waals surface area contributed by atoms with Crippen molar-refractivity contribution in [2.45, 2.75) is 17.5 Å². The van der Waals surface area contributed by atoms with Crippen molar-refractivity contribution in [1.82, 2.24) is 9.95 Å². The molecule has 1 heterocycles. The molecule has 220 valence electrons. The average Bonchev–Trinajstić information content (AvgIpc) is 2.86. The summed E-state index contributed by atoms with van der Waals surface area (Å²) < 4.78 is 71.2. The van der Waals surface area contributed by atoms with Crippen LogP contribution < -0.4 is 23.8 Å². The summed E-state index contributed by atoms with van der Waals surface area (Å²) >= 11 is 3.42. The number of benzene rings is 2. The number of aliphatic carboxylic acids is 1. The Bertz CT molecular complexity index is 1420. The number of fused-ring (bicyclic) bond motifs is 1. The molecule has 0 amide bonds. The van der Waals surface area contributed by atoms with Crippen LogP contribution in [-0.2, 0) is 42.2 Å². The Hall–Kier alpha value is -3.19. The van der Waals surface area contributed by atoms with Gasteiger partial charge >= 0.3 is 11.9 Å². The van der Waals surface area contributed by atoms with Crippen LogP contribution in [0.4, 0.5) is 5.69 Å². The fourth-order valence-electron chi connectivity index (χ4n) is 3.84. The molecule has 40 heavy (non-hydrogen) atoms. The minimum absolute atomic E-state index is 0.0260. The van der Waals surface area contributed by atoms with E-state index in [4.69, 9.17) is 35.7 Å². The zero-order valence-corrected chi connectivity index (χ0v) is 24.1. The van der Waals surface area contributed by atoms with Crippen molar-refractivity contribution in [3.05, 3.63) is 40.9 Å². The maximum atomic E-state index is 13.1. The Balaban J connectivity index is 1.84. The minimum Gasteiger partial charge on any atom is -0.755 e. The lowest BCUT2D eigenvalue weighted by molar-refractivity contribution is -1.01. The van der Waals surface area contributed by atoms with Crippen LogP contribution >= 0.6 is 11.6 Å². The second kappa shape index (κ2) is 12.5. The highest BCUT2D eigenvalue weighted by atomic mass is 35.5. The highest BCUT2D eigenvalue weighted by Crippen LogP contribution is 2.34. The molecule has 0 bridgehead atoms. The lowest BCUT2D eigenvalue weighted by atomic mass is 10.2. The van der Waals surface area contributed by atoms with Gasteiger partial charge in [-0.15, -0.1) is 0 Å². The Morgan fingerprint density at radius 1 is 1.23 bits per heavy atom. The first-order chi connectivity index (χ1) is 18.7. The number of hydrazine groups is 1. The number of hydrogen-bond donors (Lipinski definition) is 3. The molecule has 0 aliphatic carbocycles. The zero-order chi connectivity index (χ0) is 29.8. The number of methoxy groups -OCH3 is 2. The number of esters is 1. The van der Waals surface area contributed by atoms with Gasteiger partial charge in [0.15, 0.2) is 17.6 Å². The number of nitrogens with one attached hydrogen (secondary N) is 2. The van der Waals surface area contributed by atoms with Crippen LogP contribution in [0.3, 0.4) is 0 Å². The van der Waals surface area contributed by atoms with Crippen molar-refractivity contribution in [2.75, 3.05) is 46.2 Å². The van der Waals surface area contributed by atoms with E-state index in [0.717, 1.165) is 6.07 Å². The quantitative estimate of drug-likeness (QED) is 0.137. The molecule has 2 unspecified atom stereocenters. The van der Waals surface area contributed by atoms with Crippen LogP contribution in [0.2, 0.25) is 5.02 Å². The number of quaternary nitrogens is 1. The second-order valence-electron chi connectivity index (χ2n) is 8.89. The first-order valence-corrected chi connectivity index (χ1v) is 14.2. The minimum atomic E-state index is -4.19. The third kappa shape index (κ3) is 7.51. The topological polar surface area (TPSA) is 193 Å². The lowest BCUT2D eigenvalue weighted by Crippen LogP contribution is -2.65. The van der Waals surface area contributed by atoms with Crippen LogP contribution in [0.1, 0.15) is 5.56 Å². The highest BCUT2D eigenvalue weighted by molar-refractivity contribution is 7.89. The van der Waals surface area contributed by atoms with Gasteiger partial charge < -0.3 is 33.3 Å². The second-order valence-corrected chi connectivity index (χ2v) is 11.6. The van der Waals surface area contributed by atoms with Crippen molar-refractivity contribution in [1.29, 1.82) is 0 Å². The van der Waals surface area contributed by atoms with E-state index in [9.17, 15) is 26.8 Å². The van der Waals surface area contributed by atoms with Gasteiger partial charge in [0.05, 0.1) is 50.5 Å². The van der Waals surface area contributed by atoms with E-state index < -0.39 is 39.3 Å². The van der Waals surface area contributed by atoms with Gasteiger partial charge in [0.2, 0.25) is 0 Å². The molecule has 0 aromatic heterocycles. The summed E-state index contributed by atoms with van der Waals surface area (Å²) in [6.07, 6.45) is -1.15. The molecule has 15 nitrogen and oxygen atoms in total. The predicted molar refractivity (Wildman–Crippen MR) is 139 cm³/mol. The number of carbonyl (C=O) groups excluding carboxylic acids is 1. The molecule has 2 aromatic carbocycles. The maximum Gasteiger partial charge on any atom is 0.417 e. The van der Waals surface area contributed by atoms with Gasteiger partial charge in [-0.05, 0) is 29.8 Å². The summed E-state index contributed by atoms with van der Waals surface area (Å²) in [4.78, 5) is 25.3. The van der Waals surface area contributed by atoms with Gasteiger partial charge in [-0.1, -0.05) is 21.5 Å². The standard InChI is InChI=1S/C22H27ClN4O11S2/c1-27(2,26-10-13-7-16(23)17(24-39(31)32)9-20(13)40(33,34)25-26)11-15(38-22(30)21(28)29)12-37-14-5-6-18(35-3)19(8-14)36-4/h5-9,15,24-25H,10-12H2,1-4H3,(H-,28,29,31,32). The largest absolute Gasteiger partial charge is 0.755 e. The number of halogens is 1. The van der Waals surface area contributed by atoms with Crippen LogP contribution in [0.15, 0.2) is 35.2 Å². The van der Waals surface area contributed by atoms with Gasteiger partial charge in [0, 0.05) is 17.3 Å². The fraction of sp³-hybridized carbons (Fsp3) is 0.364. The van der Waals surface area contributed by atoms with Crippen LogP contribution in [0.5, 0.6) is 17.2 Å². The SMILES string of the molecule is COc1ccc(OCC(C[N+](C)(C)N2Cc3cc(Cl)c(NS(=O)[O-])cc3S(=O)(=O)N2)OC(=O)C(=O)O)cc1OC. The van der Waals surface area contributed by atoms with E-state index in [1.807, 2.05) is 4.72 Å². The summed E-state index contributed by atoms with van der Waals surface area (Å²) in [5.41, 5.74) is 0.145. The zero-order valence-electron chi connectivity index (χ0n) is 21.7. The van der Waals surface area contributed by atoms with Gasteiger partial charge in [0.1, 0.15) is 18.9 Å². The van der Waals surface area contributed by atoms with E-state index in [2.05, 4.69) is 4.83 Å². The number of ether oxygens (including phenoxy) is 4. The third-order valence-corrected chi connectivity index (χ3v) is 7.83. The molecule has 18 heteroatoms. The molecule has 2 aromatic rings. The summed E-state index contributed by atoms with van der Waals surface area (Å²) in [7, 11) is 1.88. The number of sulfonamides is 1. The third-order valence-electron chi connectivity index (χ3n) is 5.72. The van der Waals surface area contributed by atoms with Crippen molar-refractivity contribution in [2.24, 2.45) is 0 Å². The smallest absolute Gasteiger partial charge is 0.417 e. The predicted octanol–water partition coefficient (Wildman–Crippen LogP) is 0.639. The van der Waals surface area contributed by atoms with Crippen molar-refractivity contribution < 1.29 is 55.4 Å². The van der Waals surface area contributed by atoms with Gasteiger partial charge in [-0.2, -0.15) is 0 Å². The van der Waals surface area contributed by atoms with Crippen LogP contribution in [-0.4, -0.2) is 91.5 Å². The van der Waals surface area contributed by atoms with Gasteiger partial charge in [-0.25, -0.2) is 22.6 Å². The average molecular weight is 623 g/mol. The Labute approximate surface area is 237 Å². The molecule has 3 rings (SSSR count). The van der Waals surface area contributed by atoms with E-state index in [0.29, 0.717) is 17.2 Å². The van der Waals surface area contributed by atoms with E-state index in [1.54, 1.807) is 26.2 Å². The number of hydrogen-bond acceptors (Lipinski definition) is 11. The highest BCUT2D eigenvalue weighted by Gasteiger charge is 2.40. The lowest BCUT2D eigenvalue weighted by Gasteiger charge is -2.42. The number of rotatable bonds is 11. The van der Waals surface area contributed by atoms with E-state index >= 15 is 0 Å². The summed E-state index contributed by atoms with van der Waals surface area (Å²) in [5.74, 6) is -2.20. The van der Waals surface area contributed by atoms with Crippen LogP contribution in [0, 0.1) is 0 Å². The summed E-state index contributed by atoms with van der Waals surface area (Å²) in [6.45, 7) is -0.453. The van der Waals surface area contributed by atoms with Crippen molar-refractivity contribution >= 4 is 50.5 Å². The maximum absolute atomic E-state index is 13.1. The Morgan fingerprint density at radius 3 is 2.50 bits per heavy atom. The molecular weight excluding hydrogens is 596 g/mol. The van der Waals surface area contributed by atoms with Crippen LogP contribution in [0.25, 0.3) is 0 Å². The number of anilines is 1. The molecule has 0 spiro atoms. The molecule has 3 N–H and O–H groups in total. The number of nitrogens with zero attached hydrogens (tertiary/aromatic N) is 2. The molecule has 0 saturated carbocycles. The normalized spacial score (nSPS) is 16.2. The van der Waals surface area contributed by atoms with Crippen molar-refractivity contribution in [3.63, 3.8) is 0 Å². The molecule has 1 aliphatic heterocycles. The molecular formula is C22H27ClN4O11S2. The van der Waals surface area contributed by atoms with E-state index in [-0.39, 0.29) is 45.5 Å². The fourth-order valence-corrected chi connectivity index (χ4v) is 5.88.